The minimum atomic E-state index is 0.667. The van der Waals surface area contributed by atoms with Crippen molar-refractivity contribution in [3.05, 3.63) is 28.8 Å². The number of anilines is 1. The predicted octanol–water partition coefficient (Wildman–Crippen LogP) is 4.06. The molecule has 1 fully saturated rings. The van der Waals surface area contributed by atoms with Crippen LogP contribution in [0, 0.1) is 23.2 Å². The fourth-order valence-electron chi connectivity index (χ4n) is 2.52. The topological polar surface area (TPSA) is 35.8 Å². The Balaban J connectivity index is 1.99. The molecule has 0 amide bonds. The van der Waals surface area contributed by atoms with E-state index in [9.17, 15) is 0 Å². The maximum atomic E-state index is 9.01. The van der Waals surface area contributed by atoms with Gasteiger partial charge in [-0.2, -0.15) is 5.26 Å². The zero-order valence-electron chi connectivity index (χ0n) is 10.0. The molecule has 0 bridgehead atoms. The van der Waals surface area contributed by atoms with Crippen LogP contribution in [0.4, 0.5) is 5.69 Å². The molecule has 0 saturated heterocycles. The zero-order valence-corrected chi connectivity index (χ0v) is 10.8. The Bertz CT molecular complexity index is 436. The van der Waals surface area contributed by atoms with E-state index in [1.54, 1.807) is 12.1 Å². The van der Waals surface area contributed by atoms with E-state index < -0.39 is 0 Å². The standard InChI is InChI=1S/C14H17ClN2/c1-10-2-3-11(6-10)9-17-14-7-13(15)5-4-12(14)8-16/h4-5,7,10-11,17H,2-3,6,9H2,1H3. The number of rotatable bonds is 3. The monoisotopic (exact) mass is 248 g/mol. The molecule has 1 aliphatic carbocycles. The quantitative estimate of drug-likeness (QED) is 0.876. The summed E-state index contributed by atoms with van der Waals surface area (Å²) >= 11 is 5.94. The van der Waals surface area contributed by atoms with E-state index >= 15 is 0 Å². The number of hydrogen-bond donors (Lipinski definition) is 1. The summed E-state index contributed by atoms with van der Waals surface area (Å²) in [6.07, 6.45) is 3.90. The lowest BCUT2D eigenvalue weighted by molar-refractivity contribution is 0.537. The Labute approximate surface area is 108 Å². The van der Waals surface area contributed by atoms with Gasteiger partial charge < -0.3 is 5.32 Å². The number of nitrogens with zero attached hydrogens (tertiary/aromatic N) is 1. The maximum absolute atomic E-state index is 9.01. The van der Waals surface area contributed by atoms with Gasteiger partial charge in [0.2, 0.25) is 0 Å². The van der Waals surface area contributed by atoms with E-state index in [0.717, 1.165) is 24.1 Å². The van der Waals surface area contributed by atoms with E-state index in [0.29, 0.717) is 10.6 Å². The van der Waals surface area contributed by atoms with E-state index in [1.165, 1.54) is 19.3 Å². The van der Waals surface area contributed by atoms with Crippen molar-refractivity contribution >= 4 is 17.3 Å². The van der Waals surface area contributed by atoms with Gasteiger partial charge in [0.1, 0.15) is 6.07 Å². The van der Waals surface area contributed by atoms with Gasteiger partial charge >= 0.3 is 0 Å². The van der Waals surface area contributed by atoms with Crippen molar-refractivity contribution in [3.63, 3.8) is 0 Å². The smallest absolute Gasteiger partial charge is 0.101 e. The van der Waals surface area contributed by atoms with Gasteiger partial charge in [0.05, 0.1) is 11.3 Å². The lowest BCUT2D eigenvalue weighted by Crippen LogP contribution is -2.12. The van der Waals surface area contributed by atoms with Crippen molar-refractivity contribution in [2.24, 2.45) is 11.8 Å². The van der Waals surface area contributed by atoms with E-state index in [2.05, 4.69) is 18.3 Å². The van der Waals surface area contributed by atoms with E-state index in [-0.39, 0.29) is 0 Å². The molecule has 2 rings (SSSR count). The normalized spacial score (nSPS) is 23.4. The lowest BCUT2D eigenvalue weighted by Gasteiger charge is -2.13. The van der Waals surface area contributed by atoms with Crippen molar-refractivity contribution in [3.8, 4) is 6.07 Å². The van der Waals surface area contributed by atoms with Crippen molar-refractivity contribution in [1.82, 2.24) is 0 Å². The average Bonchev–Trinajstić information content (AvgIpc) is 2.73. The van der Waals surface area contributed by atoms with Crippen molar-refractivity contribution < 1.29 is 0 Å². The molecule has 3 heteroatoms. The third-order valence-electron chi connectivity index (χ3n) is 3.49. The van der Waals surface area contributed by atoms with Crippen LogP contribution in [0.1, 0.15) is 31.7 Å². The fourth-order valence-corrected chi connectivity index (χ4v) is 2.70. The second-order valence-corrected chi connectivity index (χ2v) is 5.40. The first-order chi connectivity index (χ1) is 8.19. The third kappa shape index (κ3) is 3.14. The number of hydrogen-bond acceptors (Lipinski definition) is 2. The summed E-state index contributed by atoms with van der Waals surface area (Å²) in [6.45, 7) is 3.25. The summed E-state index contributed by atoms with van der Waals surface area (Å²) in [4.78, 5) is 0. The van der Waals surface area contributed by atoms with Crippen molar-refractivity contribution in [1.29, 1.82) is 5.26 Å². The first-order valence-electron chi connectivity index (χ1n) is 6.12. The Hall–Kier alpha value is -1.20. The molecule has 17 heavy (non-hydrogen) atoms. The van der Waals surface area contributed by atoms with E-state index in [1.807, 2.05) is 6.07 Å². The molecule has 1 saturated carbocycles. The number of halogens is 1. The number of nitrogens with one attached hydrogen (secondary N) is 1. The summed E-state index contributed by atoms with van der Waals surface area (Å²) in [7, 11) is 0. The molecule has 1 N–H and O–H groups in total. The largest absolute Gasteiger partial charge is 0.384 e. The molecule has 1 aliphatic rings. The maximum Gasteiger partial charge on any atom is 0.101 e. The highest BCUT2D eigenvalue weighted by atomic mass is 35.5. The Morgan fingerprint density at radius 2 is 2.29 bits per heavy atom. The Morgan fingerprint density at radius 1 is 1.47 bits per heavy atom. The summed E-state index contributed by atoms with van der Waals surface area (Å²) < 4.78 is 0. The van der Waals surface area contributed by atoms with Crippen molar-refractivity contribution in [2.75, 3.05) is 11.9 Å². The van der Waals surface area contributed by atoms with Crippen molar-refractivity contribution in [2.45, 2.75) is 26.2 Å². The zero-order chi connectivity index (χ0) is 12.3. The molecule has 2 nitrogen and oxygen atoms in total. The highest BCUT2D eigenvalue weighted by Crippen LogP contribution is 2.31. The van der Waals surface area contributed by atoms with Crippen LogP contribution in [0.5, 0.6) is 0 Å². The van der Waals surface area contributed by atoms with Crippen LogP contribution in [-0.4, -0.2) is 6.54 Å². The molecule has 0 heterocycles. The van der Waals surface area contributed by atoms with Gasteiger partial charge in [-0.3, -0.25) is 0 Å². The van der Waals surface area contributed by atoms with Gasteiger partial charge in [-0.1, -0.05) is 24.9 Å². The molecule has 1 aromatic carbocycles. The van der Waals surface area contributed by atoms with Gasteiger partial charge in [-0.15, -0.1) is 0 Å². The SMILES string of the molecule is CC1CCC(CNc2cc(Cl)ccc2C#N)C1. The molecule has 2 unspecified atom stereocenters. The molecule has 2 atom stereocenters. The Morgan fingerprint density at radius 3 is 2.94 bits per heavy atom. The van der Waals surface area contributed by atoms with Crippen LogP contribution in [0.15, 0.2) is 18.2 Å². The highest BCUT2D eigenvalue weighted by Gasteiger charge is 2.21. The summed E-state index contributed by atoms with van der Waals surface area (Å²) in [5.41, 5.74) is 1.53. The van der Waals surface area contributed by atoms with Crippen LogP contribution in [0.2, 0.25) is 5.02 Å². The Kier molecular flexibility index (Phi) is 3.91. The van der Waals surface area contributed by atoms with E-state index in [4.69, 9.17) is 16.9 Å². The van der Waals surface area contributed by atoms with Crippen LogP contribution in [0.3, 0.4) is 0 Å². The molecule has 0 aliphatic heterocycles. The van der Waals surface area contributed by atoms with Crippen LogP contribution >= 0.6 is 11.6 Å². The number of nitriles is 1. The van der Waals surface area contributed by atoms with Gasteiger partial charge in [0.15, 0.2) is 0 Å². The summed E-state index contributed by atoms with van der Waals surface area (Å²) in [6, 6.07) is 7.54. The molecular weight excluding hydrogens is 232 g/mol. The third-order valence-corrected chi connectivity index (χ3v) is 3.72. The minimum Gasteiger partial charge on any atom is -0.384 e. The molecule has 1 aromatic rings. The van der Waals surface area contributed by atoms with Gasteiger partial charge in [0.25, 0.3) is 0 Å². The molecule has 0 spiro atoms. The van der Waals surface area contributed by atoms with Gasteiger partial charge in [-0.25, -0.2) is 0 Å². The van der Waals surface area contributed by atoms with Gasteiger partial charge in [-0.05, 0) is 42.9 Å². The fraction of sp³-hybridized carbons (Fsp3) is 0.500. The molecular formula is C14H17ClN2. The molecule has 90 valence electrons. The average molecular weight is 249 g/mol. The number of benzene rings is 1. The second kappa shape index (κ2) is 5.42. The second-order valence-electron chi connectivity index (χ2n) is 4.97. The van der Waals surface area contributed by atoms with Crippen LogP contribution in [-0.2, 0) is 0 Å². The van der Waals surface area contributed by atoms with Crippen LogP contribution < -0.4 is 5.32 Å². The lowest BCUT2D eigenvalue weighted by atomic mass is 10.1. The summed E-state index contributed by atoms with van der Waals surface area (Å²) in [5.74, 6) is 1.58. The first-order valence-corrected chi connectivity index (χ1v) is 6.50. The summed E-state index contributed by atoms with van der Waals surface area (Å²) in [5, 5.41) is 13.0. The highest BCUT2D eigenvalue weighted by molar-refractivity contribution is 6.30. The van der Waals surface area contributed by atoms with Crippen LogP contribution in [0.25, 0.3) is 0 Å². The predicted molar refractivity (Wildman–Crippen MR) is 71.2 cm³/mol. The minimum absolute atomic E-state index is 0.667. The first kappa shape index (κ1) is 12.3. The molecule has 0 radical (unpaired) electrons. The van der Waals surface area contributed by atoms with Gasteiger partial charge in [0, 0.05) is 11.6 Å². The molecule has 0 aromatic heterocycles.